The Kier molecular flexibility index (Phi) is 3.57. The van der Waals surface area contributed by atoms with Crippen LogP contribution in [0.3, 0.4) is 0 Å². The highest BCUT2D eigenvalue weighted by Crippen LogP contribution is 2.40. The molecule has 3 nitrogen and oxygen atoms in total. The highest BCUT2D eigenvalue weighted by Gasteiger charge is 2.26. The fourth-order valence-electron chi connectivity index (χ4n) is 2.14. The molecule has 0 spiro atoms. The first-order valence-corrected chi connectivity index (χ1v) is 7.13. The maximum atomic E-state index is 13.5. The first-order chi connectivity index (χ1) is 9.65. The molecule has 0 unspecified atom stereocenters. The monoisotopic (exact) mass is 291 g/mol. The lowest BCUT2D eigenvalue weighted by molar-refractivity contribution is 0.628. The van der Waals surface area contributed by atoms with E-state index in [1.165, 1.54) is 12.1 Å². The third-order valence-electron chi connectivity index (χ3n) is 3.22. The average Bonchev–Trinajstić information content (AvgIpc) is 3.22. The Balaban J connectivity index is 2.06. The van der Waals surface area contributed by atoms with Crippen LogP contribution in [-0.2, 0) is 0 Å². The van der Waals surface area contributed by atoms with Gasteiger partial charge in [0.1, 0.15) is 11.6 Å². The lowest BCUT2D eigenvalue weighted by Crippen LogP contribution is -2.03. The molecule has 0 radical (unpaired) electrons. The van der Waals surface area contributed by atoms with Gasteiger partial charge < -0.3 is 5.32 Å². The summed E-state index contributed by atoms with van der Waals surface area (Å²) in [4.78, 5) is 8.99. The van der Waals surface area contributed by atoms with Gasteiger partial charge in [0.15, 0.2) is 5.82 Å². The zero-order valence-corrected chi connectivity index (χ0v) is 11.9. The van der Waals surface area contributed by atoms with Crippen LogP contribution in [0.1, 0.15) is 31.4 Å². The van der Waals surface area contributed by atoms with E-state index in [0.29, 0.717) is 22.3 Å². The van der Waals surface area contributed by atoms with E-state index in [4.69, 9.17) is 11.6 Å². The number of rotatable bonds is 4. The van der Waals surface area contributed by atoms with Crippen LogP contribution in [0.5, 0.6) is 0 Å². The minimum atomic E-state index is -0.377. The molecule has 0 aliphatic heterocycles. The van der Waals surface area contributed by atoms with Gasteiger partial charge in [-0.3, -0.25) is 0 Å². The normalized spacial score (nSPS) is 14.3. The van der Waals surface area contributed by atoms with Gasteiger partial charge in [-0.2, -0.15) is 0 Å². The van der Waals surface area contributed by atoms with E-state index < -0.39 is 0 Å². The summed E-state index contributed by atoms with van der Waals surface area (Å²) < 4.78 is 13.5. The van der Waals surface area contributed by atoms with Crippen molar-refractivity contribution in [1.82, 2.24) is 9.97 Å². The predicted molar refractivity (Wildman–Crippen MR) is 78.6 cm³/mol. The fourth-order valence-corrected chi connectivity index (χ4v) is 2.36. The molecule has 0 saturated heterocycles. The van der Waals surface area contributed by atoms with Crippen molar-refractivity contribution in [3.05, 3.63) is 40.8 Å². The molecule has 20 heavy (non-hydrogen) atoms. The molecule has 0 atom stereocenters. The van der Waals surface area contributed by atoms with Crippen LogP contribution in [0.4, 0.5) is 10.2 Å². The summed E-state index contributed by atoms with van der Waals surface area (Å²) in [6.45, 7) is 2.79. The number of halogens is 2. The number of nitrogens with zero attached hydrogens (tertiary/aromatic N) is 2. The maximum absolute atomic E-state index is 13.5. The van der Waals surface area contributed by atoms with Crippen molar-refractivity contribution in [2.24, 2.45) is 0 Å². The molecule has 0 amide bonds. The topological polar surface area (TPSA) is 37.8 Å². The molecule has 3 rings (SSSR count). The number of benzene rings is 1. The summed E-state index contributed by atoms with van der Waals surface area (Å²) in [6.07, 6.45) is 2.32. The molecule has 1 aliphatic rings. The first kappa shape index (κ1) is 13.3. The van der Waals surface area contributed by atoms with Gasteiger partial charge in [0.2, 0.25) is 0 Å². The maximum Gasteiger partial charge on any atom is 0.161 e. The Labute approximate surface area is 122 Å². The van der Waals surface area contributed by atoms with Gasteiger partial charge in [0, 0.05) is 34.8 Å². The Hall–Kier alpha value is -1.68. The van der Waals surface area contributed by atoms with Crippen LogP contribution < -0.4 is 5.32 Å². The van der Waals surface area contributed by atoms with Crippen molar-refractivity contribution in [2.75, 3.05) is 11.9 Å². The Morgan fingerprint density at radius 1 is 1.25 bits per heavy atom. The van der Waals surface area contributed by atoms with Gasteiger partial charge in [0.25, 0.3) is 0 Å². The quantitative estimate of drug-likeness (QED) is 0.915. The molecule has 2 aromatic rings. The zero-order valence-electron chi connectivity index (χ0n) is 11.2. The predicted octanol–water partition coefficient (Wildman–Crippen LogP) is 4.25. The summed E-state index contributed by atoms with van der Waals surface area (Å²) >= 11 is 5.90. The van der Waals surface area contributed by atoms with Gasteiger partial charge in [-0.15, -0.1) is 0 Å². The van der Waals surface area contributed by atoms with E-state index in [9.17, 15) is 4.39 Å². The van der Waals surface area contributed by atoms with Crippen molar-refractivity contribution in [3.63, 3.8) is 0 Å². The number of hydrogen-bond donors (Lipinski definition) is 1. The first-order valence-electron chi connectivity index (χ1n) is 6.75. The molecule has 1 heterocycles. The zero-order chi connectivity index (χ0) is 14.1. The number of aromatic nitrogens is 2. The van der Waals surface area contributed by atoms with Gasteiger partial charge in [0.05, 0.1) is 0 Å². The largest absolute Gasteiger partial charge is 0.370 e. The molecule has 104 valence electrons. The van der Waals surface area contributed by atoms with Crippen LogP contribution in [0, 0.1) is 5.82 Å². The molecule has 1 aromatic carbocycles. The van der Waals surface area contributed by atoms with Gasteiger partial charge in [-0.1, -0.05) is 11.6 Å². The van der Waals surface area contributed by atoms with Crippen molar-refractivity contribution in [3.8, 4) is 11.4 Å². The third-order valence-corrected chi connectivity index (χ3v) is 3.44. The third kappa shape index (κ3) is 2.90. The summed E-state index contributed by atoms with van der Waals surface area (Å²) in [7, 11) is 0. The molecule has 0 bridgehead atoms. The lowest BCUT2D eigenvalue weighted by atomic mass is 10.2. The van der Waals surface area contributed by atoms with Crippen molar-refractivity contribution in [2.45, 2.75) is 25.7 Å². The highest BCUT2D eigenvalue weighted by atomic mass is 35.5. The Bertz CT molecular complexity index is 621. The van der Waals surface area contributed by atoms with Crippen molar-refractivity contribution < 1.29 is 4.39 Å². The standard InChI is InChI=1S/C15H15ClFN3/c1-2-18-14-8-13(9-3-4-9)19-15(20-14)10-5-11(16)7-12(17)6-10/h5-9H,2-4H2,1H3,(H,18,19,20). The number of nitrogens with one attached hydrogen (secondary N) is 1. The molecule has 1 aromatic heterocycles. The highest BCUT2D eigenvalue weighted by molar-refractivity contribution is 6.30. The van der Waals surface area contributed by atoms with Gasteiger partial charge in [-0.05, 0) is 38.0 Å². The minimum Gasteiger partial charge on any atom is -0.370 e. The van der Waals surface area contributed by atoms with E-state index in [-0.39, 0.29) is 5.82 Å². The lowest BCUT2D eigenvalue weighted by Gasteiger charge is -2.09. The van der Waals surface area contributed by atoms with E-state index in [1.807, 2.05) is 13.0 Å². The second-order valence-corrected chi connectivity index (χ2v) is 5.40. The van der Waals surface area contributed by atoms with E-state index >= 15 is 0 Å². The van der Waals surface area contributed by atoms with E-state index in [2.05, 4.69) is 15.3 Å². The molecule has 5 heteroatoms. The number of hydrogen-bond acceptors (Lipinski definition) is 3. The fraction of sp³-hybridized carbons (Fsp3) is 0.333. The summed E-state index contributed by atoms with van der Waals surface area (Å²) in [5, 5.41) is 3.54. The van der Waals surface area contributed by atoms with E-state index in [0.717, 1.165) is 30.9 Å². The molecule has 1 N–H and O–H groups in total. The Morgan fingerprint density at radius 3 is 2.70 bits per heavy atom. The number of anilines is 1. The summed E-state index contributed by atoms with van der Waals surface area (Å²) in [5.41, 5.74) is 1.63. The van der Waals surface area contributed by atoms with E-state index in [1.54, 1.807) is 6.07 Å². The summed E-state index contributed by atoms with van der Waals surface area (Å²) in [5.74, 6) is 1.43. The molecule has 1 fully saturated rings. The second kappa shape index (κ2) is 5.37. The molecular weight excluding hydrogens is 277 g/mol. The SMILES string of the molecule is CCNc1cc(C2CC2)nc(-c2cc(F)cc(Cl)c2)n1. The summed E-state index contributed by atoms with van der Waals surface area (Å²) in [6, 6.07) is 6.35. The van der Waals surface area contributed by atoms with Crippen molar-refractivity contribution in [1.29, 1.82) is 0 Å². The van der Waals surface area contributed by atoms with Crippen molar-refractivity contribution >= 4 is 17.4 Å². The second-order valence-electron chi connectivity index (χ2n) is 4.96. The van der Waals surface area contributed by atoms with Crippen LogP contribution in [-0.4, -0.2) is 16.5 Å². The average molecular weight is 292 g/mol. The van der Waals surface area contributed by atoms with Crippen LogP contribution in [0.15, 0.2) is 24.3 Å². The molecular formula is C15H15ClFN3. The minimum absolute atomic E-state index is 0.352. The smallest absolute Gasteiger partial charge is 0.161 e. The van der Waals surface area contributed by atoms with Gasteiger partial charge in [-0.25, -0.2) is 14.4 Å². The van der Waals surface area contributed by atoms with Crippen LogP contribution in [0.2, 0.25) is 5.02 Å². The molecule has 1 saturated carbocycles. The van der Waals surface area contributed by atoms with Crippen LogP contribution in [0.25, 0.3) is 11.4 Å². The Morgan fingerprint density at radius 2 is 2.05 bits per heavy atom. The van der Waals surface area contributed by atoms with Crippen LogP contribution >= 0.6 is 11.6 Å². The molecule has 1 aliphatic carbocycles. The van der Waals surface area contributed by atoms with Gasteiger partial charge >= 0.3 is 0 Å².